The van der Waals surface area contributed by atoms with Crippen LogP contribution in [0.25, 0.3) is 0 Å². The quantitative estimate of drug-likeness (QED) is 0.703. The Morgan fingerprint density at radius 1 is 1.38 bits per heavy atom. The van der Waals surface area contributed by atoms with E-state index in [-0.39, 0.29) is 10.5 Å². The van der Waals surface area contributed by atoms with Crippen LogP contribution in [0.15, 0.2) is 23.1 Å². The van der Waals surface area contributed by atoms with Crippen molar-refractivity contribution in [3.8, 4) is 0 Å². The second-order valence-electron chi connectivity index (χ2n) is 2.65. The number of nitrogens with two attached hydrogens (primary N) is 1. The van der Waals surface area contributed by atoms with Crippen molar-refractivity contribution in [2.45, 2.75) is 11.8 Å². The molecule has 0 aromatic heterocycles. The summed E-state index contributed by atoms with van der Waals surface area (Å²) < 4.78 is 22.0. The van der Waals surface area contributed by atoms with Crippen molar-refractivity contribution in [3.05, 3.63) is 29.3 Å². The topological polar surface area (TPSA) is 77.2 Å². The van der Waals surface area contributed by atoms with Gasteiger partial charge in [-0.3, -0.25) is 4.79 Å². The fourth-order valence-corrected chi connectivity index (χ4v) is 1.84. The molecule has 2 N–H and O–H groups in total. The van der Waals surface area contributed by atoms with Gasteiger partial charge in [0.2, 0.25) is 10.0 Å². The van der Waals surface area contributed by atoms with E-state index in [2.05, 4.69) is 0 Å². The first-order chi connectivity index (χ1) is 5.96. The zero-order valence-electron chi connectivity index (χ0n) is 7.02. The van der Waals surface area contributed by atoms with E-state index in [1.807, 2.05) is 0 Å². The van der Waals surface area contributed by atoms with Crippen molar-refractivity contribution in [1.29, 1.82) is 0 Å². The van der Waals surface area contributed by atoms with E-state index in [0.29, 0.717) is 11.8 Å². The van der Waals surface area contributed by atoms with E-state index in [1.165, 1.54) is 6.07 Å². The number of benzene rings is 1. The second kappa shape index (κ2) is 3.27. The molecule has 0 amide bonds. The molecule has 0 fully saturated rings. The zero-order valence-corrected chi connectivity index (χ0v) is 7.84. The Labute approximate surface area is 76.4 Å². The number of carbonyl (C=O) groups is 1. The summed E-state index contributed by atoms with van der Waals surface area (Å²) in [5.74, 6) is 0. The summed E-state index contributed by atoms with van der Waals surface area (Å²) in [6, 6.07) is 4.51. The minimum atomic E-state index is -3.80. The Bertz CT molecular complexity index is 437. The number of hydrogen-bond donors (Lipinski definition) is 1. The number of aryl methyl sites for hydroxylation is 1. The predicted molar refractivity (Wildman–Crippen MR) is 47.9 cm³/mol. The molecule has 0 saturated heterocycles. The molecule has 0 heterocycles. The van der Waals surface area contributed by atoms with Crippen molar-refractivity contribution >= 4 is 16.3 Å². The smallest absolute Gasteiger partial charge is 0.238 e. The maximum Gasteiger partial charge on any atom is 0.238 e. The Kier molecular flexibility index (Phi) is 2.49. The molecule has 0 radical (unpaired) electrons. The first-order valence-electron chi connectivity index (χ1n) is 3.54. The largest absolute Gasteiger partial charge is 0.298 e. The number of primary sulfonamides is 1. The second-order valence-corrected chi connectivity index (χ2v) is 4.18. The molecule has 70 valence electrons. The van der Waals surface area contributed by atoms with Gasteiger partial charge in [0.05, 0.1) is 4.90 Å². The van der Waals surface area contributed by atoms with Gasteiger partial charge in [0.25, 0.3) is 0 Å². The van der Waals surface area contributed by atoms with Crippen molar-refractivity contribution < 1.29 is 13.2 Å². The average molecular weight is 199 g/mol. The monoisotopic (exact) mass is 199 g/mol. The van der Waals surface area contributed by atoms with Gasteiger partial charge in [0.1, 0.15) is 0 Å². The first-order valence-corrected chi connectivity index (χ1v) is 5.09. The maximum atomic E-state index is 11.0. The summed E-state index contributed by atoms with van der Waals surface area (Å²) in [6.45, 7) is 1.65. The van der Waals surface area contributed by atoms with E-state index in [9.17, 15) is 13.2 Å². The van der Waals surface area contributed by atoms with Crippen LogP contribution in [0.1, 0.15) is 15.9 Å². The molecule has 0 bridgehead atoms. The van der Waals surface area contributed by atoms with Crippen molar-refractivity contribution in [3.63, 3.8) is 0 Å². The van der Waals surface area contributed by atoms with Crippen LogP contribution in [0.2, 0.25) is 0 Å². The van der Waals surface area contributed by atoms with Gasteiger partial charge in [-0.05, 0) is 18.6 Å². The Morgan fingerprint density at radius 2 is 2.00 bits per heavy atom. The predicted octanol–water partition coefficient (Wildman–Crippen LogP) is 0.455. The van der Waals surface area contributed by atoms with Crippen LogP contribution < -0.4 is 5.14 Å². The molecule has 0 atom stereocenters. The highest BCUT2D eigenvalue weighted by Gasteiger charge is 2.14. The van der Waals surface area contributed by atoms with Crippen LogP contribution in [-0.2, 0) is 10.0 Å². The molecule has 4 nitrogen and oxygen atoms in total. The number of aldehydes is 1. The summed E-state index contributed by atoms with van der Waals surface area (Å²) in [4.78, 5) is 10.5. The summed E-state index contributed by atoms with van der Waals surface area (Å²) in [5, 5.41) is 4.92. The lowest BCUT2D eigenvalue weighted by Crippen LogP contribution is -2.14. The molecule has 0 aliphatic heterocycles. The summed E-state index contributed by atoms with van der Waals surface area (Å²) in [5.41, 5.74) is 0.728. The Balaban J connectivity index is 3.56. The molecule has 0 saturated carbocycles. The number of sulfonamides is 1. The van der Waals surface area contributed by atoms with Gasteiger partial charge in [-0.1, -0.05) is 12.1 Å². The van der Waals surface area contributed by atoms with E-state index in [4.69, 9.17) is 5.14 Å². The van der Waals surface area contributed by atoms with Gasteiger partial charge in [0, 0.05) is 5.56 Å². The summed E-state index contributed by atoms with van der Waals surface area (Å²) in [6.07, 6.45) is 0.495. The number of rotatable bonds is 2. The van der Waals surface area contributed by atoms with Gasteiger partial charge < -0.3 is 0 Å². The van der Waals surface area contributed by atoms with E-state index < -0.39 is 10.0 Å². The van der Waals surface area contributed by atoms with Crippen molar-refractivity contribution in [2.75, 3.05) is 0 Å². The van der Waals surface area contributed by atoms with E-state index in [1.54, 1.807) is 19.1 Å². The zero-order chi connectivity index (χ0) is 10.1. The molecule has 0 aliphatic carbocycles. The minimum absolute atomic E-state index is 0.123. The fraction of sp³-hybridized carbons (Fsp3) is 0.125. The number of carbonyl (C=O) groups excluding carboxylic acids is 1. The molecule has 5 heteroatoms. The van der Waals surface area contributed by atoms with Gasteiger partial charge in [-0.25, -0.2) is 13.6 Å². The molecular weight excluding hydrogens is 190 g/mol. The Hall–Kier alpha value is -1.20. The molecule has 1 aromatic carbocycles. The molecular formula is C8H9NO3S. The third-order valence-corrected chi connectivity index (χ3v) is 2.68. The minimum Gasteiger partial charge on any atom is -0.298 e. The third kappa shape index (κ3) is 1.93. The fourth-order valence-electron chi connectivity index (χ4n) is 1.05. The van der Waals surface area contributed by atoms with Crippen LogP contribution in [-0.4, -0.2) is 14.7 Å². The van der Waals surface area contributed by atoms with E-state index >= 15 is 0 Å². The molecule has 0 spiro atoms. The van der Waals surface area contributed by atoms with Crippen LogP contribution in [0.4, 0.5) is 0 Å². The van der Waals surface area contributed by atoms with Crippen LogP contribution in [0.3, 0.4) is 0 Å². The summed E-state index contributed by atoms with van der Waals surface area (Å²) >= 11 is 0. The highest BCUT2D eigenvalue weighted by atomic mass is 32.2. The third-order valence-electron chi connectivity index (χ3n) is 1.71. The van der Waals surface area contributed by atoms with Crippen LogP contribution in [0.5, 0.6) is 0 Å². The summed E-state index contributed by atoms with van der Waals surface area (Å²) in [7, 11) is -3.80. The maximum absolute atomic E-state index is 11.0. The normalized spacial score (nSPS) is 11.2. The molecule has 1 rings (SSSR count). The van der Waals surface area contributed by atoms with E-state index in [0.717, 1.165) is 0 Å². The molecule has 0 aliphatic rings. The SMILES string of the molecule is Cc1cccc(S(N)(=O)=O)c1C=O. The molecule has 13 heavy (non-hydrogen) atoms. The molecule has 1 aromatic rings. The lowest BCUT2D eigenvalue weighted by Gasteiger charge is -2.03. The van der Waals surface area contributed by atoms with Gasteiger partial charge in [-0.2, -0.15) is 0 Å². The highest BCUT2D eigenvalue weighted by molar-refractivity contribution is 7.89. The van der Waals surface area contributed by atoms with Gasteiger partial charge in [0.15, 0.2) is 6.29 Å². The highest BCUT2D eigenvalue weighted by Crippen LogP contribution is 2.15. The number of hydrogen-bond acceptors (Lipinski definition) is 3. The standard InChI is InChI=1S/C8H9NO3S/c1-6-3-2-4-8(7(6)5-10)13(9,11)12/h2-5H,1H3,(H2,9,11,12). The molecule has 0 unspecified atom stereocenters. The van der Waals surface area contributed by atoms with Crippen molar-refractivity contribution in [1.82, 2.24) is 0 Å². The lowest BCUT2D eigenvalue weighted by molar-refractivity contribution is 0.112. The average Bonchev–Trinajstić information content (AvgIpc) is 2.02. The Morgan fingerprint density at radius 3 is 2.38 bits per heavy atom. The van der Waals surface area contributed by atoms with Crippen LogP contribution in [0, 0.1) is 6.92 Å². The van der Waals surface area contributed by atoms with Gasteiger partial charge >= 0.3 is 0 Å². The van der Waals surface area contributed by atoms with Crippen LogP contribution >= 0.6 is 0 Å². The lowest BCUT2D eigenvalue weighted by atomic mass is 10.1. The van der Waals surface area contributed by atoms with Crippen molar-refractivity contribution in [2.24, 2.45) is 5.14 Å². The first kappa shape index (κ1) is 9.88. The van der Waals surface area contributed by atoms with Gasteiger partial charge in [-0.15, -0.1) is 0 Å².